The molecule has 1 aromatic carbocycles. The SMILES string of the molecule is CS[C@H](C)C(=O)N1CCC[C@@H]1c1ncc(-c2ccc(Cl)cc2)[nH]1. The lowest BCUT2D eigenvalue weighted by Gasteiger charge is -2.25. The van der Waals surface area contributed by atoms with Crippen LogP contribution in [0.15, 0.2) is 30.5 Å². The van der Waals surface area contributed by atoms with Crippen LogP contribution in [0.25, 0.3) is 11.3 Å². The topological polar surface area (TPSA) is 49.0 Å². The number of thioether (sulfide) groups is 1. The van der Waals surface area contributed by atoms with Gasteiger partial charge in [0.1, 0.15) is 5.82 Å². The number of aromatic nitrogens is 2. The van der Waals surface area contributed by atoms with Gasteiger partial charge < -0.3 is 9.88 Å². The summed E-state index contributed by atoms with van der Waals surface area (Å²) in [5.41, 5.74) is 2.00. The van der Waals surface area contributed by atoms with Gasteiger partial charge in [0.05, 0.1) is 23.2 Å². The first-order valence-electron chi connectivity index (χ1n) is 7.74. The summed E-state index contributed by atoms with van der Waals surface area (Å²) >= 11 is 7.52. The predicted octanol–water partition coefficient (Wildman–Crippen LogP) is 4.15. The fraction of sp³-hybridized carbons (Fsp3) is 0.412. The van der Waals surface area contributed by atoms with Gasteiger partial charge in [-0.15, -0.1) is 0 Å². The van der Waals surface area contributed by atoms with Crippen LogP contribution in [-0.2, 0) is 4.79 Å². The molecule has 0 radical (unpaired) electrons. The van der Waals surface area contributed by atoms with Crippen LogP contribution in [0.1, 0.15) is 31.6 Å². The summed E-state index contributed by atoms with van der Waals surface area (Å²) in [7, 11) is 0. The van der Waals surface area contributed by atoms with Crippen LogP contribution in [0.2, 0.25) is 5.02 Å². The number of carbonyl (C=O) groups is 1. The van der Waals surface area contributed by atoms with Gasteiger partial charge in [0.2, 0.25) is 5.91 Å². The highest BCUT2D eigenvalue weighted by molar-refractivity contribution is 7.99. The molecule has 1 aromatic heterocycles. The van der Waals surface area contributed by atoms with Gasteiger partial charge in [-0.1, -0.05) is 23.7 Å². The van der Waals surface area contributed by atoms with Crippen LogP contribution in [0.4, 0.5) is 0 Å². The molecule has 1 amide bonds. The van der Waals surface area contributed by atoms with Gasteiger partial charge in [-0.05, 0) is 43.7 Å². The Kier molecular flexibility index (Phi) is 4.97. The molecule has 1 aliphatic rings. The first-order valence-corrected chi connectivity index (χ1v) is 9.41. The molecule has 0 unspecified atom stereocenters. The molecule has 1 fully saturated rings. The molecule has 0 bridgehead atoms. The van der Waals surface area contributed by atoms with Crippen molar-refractivity contribution in [2.75, 3.05) is 12.8 Å². The monoisotopic (exact) mass is 349 g/mol. The summed E-state index contributed by atoms with van der Waals surface area (Å²) in [4.78, 5) is 22.4. The average molecular weight is 350 g/mol. The Hall–Kier alpha value is -1.46. The zero-order valence-corrected chi connectivity index (χ0v) is 14.8. The number of nitrogens with zero attached hydrogens (tertiary/aromatic N) is 2. The van der Waals surface area contributed by atoms with Gasteiger partial charge in [0.25, 0.3) is 0 Å². The third kappa shape index (κ3) is 3.40. The number of aromatic amines is 1. The lowest BCUT2D eigenvalue weighted by molar-refractivity contribution is -0.131. The fourth-order valence-electron chi connectivity index (χ4n) is 2.93. The van der Waals surface area contributed by atoms with E-state index in [0.717, 1.165) is 36.5 Å². The molecule has 0 spiro atoms. The molecule has 4 nitrogen and oxygen atoms in total. The molecule has 2 heterocycles. The highest BCUT2D eigenvalue weighted by Crippen LogP contribution is 2.33. The highest BCUT2D eigenvalue weighted by atomic mass is 35.5. The molecule has 3 rings (SSSR count). The number of likely N-dealkylation sites (tertiary alicyclic amines) is 1. The van der Waals surface area contributed by atoms with E-state index in [-0.39, 0.29) is 17.2 Å². The summed E-state index contributed by atoms with van der Waals surface area (Å²) < 4.78 is 0. The van der Waals surface area contributed by atoms with E-state index >= 15 is 0 Å². The maximum Gasteiger partial charge on any atom is 0.236 e. The third-order valence-electron chi connectivity index (χ3n) is 4.30. The quantitative estimate of drug-likeness (QED) is 0.902. The number of H-pyrrole nitrogens is 1. The van der Waals surface area contributed by atoms with Crippen molar-refractivity contribution in [3.05, 3.63) is 41.3 Å². The van der Waals surface area contributed by atoms with E-state index in [2.05, 4.69) is 9.97 Å². The summed E-state index contributed by atoms with van der Waals surface area (Å²) in [6.45, 7) is 2.77. The second-order valence-electron chi connectivity index (χ2n) is 5.76. The van der Waals surface area contributed by atoms with Crippen LogP contribution in [0, 0.1) is 0 Å². The van der Waals surface area contributed by atoms with E-state index in [1.807, 2.05) is 48.5 Å². The van der Waals surface area contributed by atoms with Crippen LogP contribution >= 0.6 is 23.4 Å². The van der Waals surface area contributed by atoms with Gasteiger partial charge in [-0.3, -0.25) is 4.79 Å². The number of amides is 1. The molecule has 122 valence electrons. The molecule has 0 saturated carbocycles. The van der Waals surface area contributed by atoms with Gasteiger partial charge in [-0.2, -0.15) is 11.8 Å². The lowest BCUT2D eigenvalue weighted by Crippen LogP contribution is -2.36. The van der Waals surface area contributed by atoms with E-state index in [1.165, 1.54) is 0 Å². The van der Waals surface area contributed by atoms with E-state index in [0.29, 0.717) is 5.02 Å². The summed E-state index contributed by atoms with van der Waals surface area (Å²) in [5, 5.41) is 0.702. The summed E-state index contributed by atoms with van der Waals surface area (Å²) in [6, 6.07) is 7.71. The number of rotatable bonds is 4. The van der Waals surface area contributed by atoms with Crippen molar-refractivity contribution >= 4 is 29.3 Å². The number of imidazole rings is 1. The Labute approximate surface area is 145 Å². The minimum atomic E-state index is -0.0127. The number of hydrogen-bond acceptors (Lipinski definition) is 3. The molecule has 0 aliphatic carbocycles. The van der Waals surface area contributed by atoms with Crippen molar-refractivity contribution < 1.29 is 4.79 Å². The Bertz CT molecular complexity index is 685. The predicted molar refractivity (Wildman–Crippen MR) is 95.7 cm³/mol. The zero-order valence-electron chi connectivity index (χ0n) is 13.3. The highest BCUT2D eigenvalue weighted by Gasteiger charge is 2.33. The fourth-order valence-corrected chi connectivity index (χ4v) is 3.39. The van der Waals surface area contributed by atoms with Gasteiger partial charge in [0, 0.05) is 11.6 Å². The van der Waals surface area contributed by atoms with Gasteiger partial charge >= 0.3 is 0 Å². The molecular weight excluding hydrogens is 330 g/mol. The number of nitrogens with one attached hydrogen (secondary N) is 1. The van der Waals surface area contributed by atoms with Crippen LogP contribution in [0.5, 0.6) is 0 Å². The summed E-state index contributed by atoms with van der Waals surface area (Å²) in [6.07, 6.45) is 5.78. The Morgan fingerprint density at radius 1 is 1.43 bits per heavy atom. The number of halogens is 1. The van der Waals surface area contributed by atoms with E-state index in [4.69, 9.17) is 11.6 Å². The van der Waals surface area contributed by atoms with Crippen molar-refractivity contribution in [1.29, 1.82) is 0 Å². The average Bonchev–Trinajstić information content (AvgIpc) is 3.22. The van der Waals surface area contributed by atoms with Crippen molar-refractivity contribution in [2.45, 2.75) is 31.1 Å². The maximum atomic E-state index is 12.5. The third-order valence-corrected chi connectivity index (χ3v) is 5.46. The molecule has 6 heteroatoms. The normalized spacial score (nSPS) is 19.1. The standard InChI is InChI=1S/C17H20ClN3OS/c1-11(23-2)17(22)21-9-3-4-15(21)16-19-10-14(20-16)12-5-7-13(18)8-6-12/h5-8,10-11,15H,3-4,9H2,1-2H3,(H,19,20)/t11-,15-/m1/s1. The number of hydrogen-bond donors (Lipinski definition) is 1. The van der Waals surface area contributed by atoms with Crippen molar-refractivity contribution in [3.8, 4) is 11.3 Å². The molecule has 1 N–H and O–H groups in total. The molecule has 23 heavy (non-hydrogen) atoms. The van der Waals surface area contributed by atoms with Crippen LogP contribution in [-0.4, -0.2) is 38.8 Å². The second-order valence-corrected chi connectivity index (χ2v) is 7.37. The number of benzene rings is 1. The Balaban J connectivity index is 1.81. The van der Waals surface area contributed by atoms with E-state index < -0.39 is 0 Å². The minimum Gasteiger partial charge on any atom is -0.340 e. The maximum absolute atomic E-state index is 12.5. The smallest absolute Gasteiger partial charge is 0.236 e. The minimum absolute atomic E-state index is 0.0127. The molecular formula is C17H20ClN3OS. The van der Waals surface area contributed by atoms with Gasteiger partial charge in [0.15, 0.2) is 0 Å². The van der Waals surface area contributed by atoms with E-state index in [9.17, 15) is 4.79 Å². The van der Waals surface area contributed by atoms with E-state index in [1.54, 1.807) is 11.8 Å². The van der Waals surface area contributed by atoms with Crippen LogP contribution < -0.4 is 0 Å². The van der Waals surface area contributed by atoms with Crippen molar-refractivity contribution in [1.82, 2.24) is 14.9 Å². The van der Waals surface area contributed by atoms with Crippen molar-refractivity contribution in [2.24, 2.45) is 0 Å². The van der Waals surface area contributed by atoms with Gasteiger partial charge in [-0.25, -0.2) is 4.98 Å². The molecule has 2 atom stereocenters. The first-order chi connectivity index (χ1) is 11.1. The van der Waals surface area contributed by atoms with Crippen LogP contribution in [0.3, 0.4) is 0 Å². The Morgan fingerprint density at radius 3 is 2.87 bits per heavy atom. The molecule has 2 aromatic rings. The largest absolute Gasteiger partial charge is 0.340 e. The summed E-state index contributed by atoms with van der Waals surface area (Å²) in [5.74, 6) is 1.07. The molecule has 1 aliphatic heterocycles. The zero-order chi connectivity index (χ0) is 16.4. The number of carbonyl (C=O) groups excluding carboxylic acids is 1. The molecule has 1 saturated heterocycles. The Morgan fingerprint density at radius 2 is 2.17 bits per heavy atom. The van der Waals surface area contributed by atoms with Crippen molar-refractivity contribution in [3.63, 3.8) is 0 Å². The first kappa shape index (κ1) is 16.4. The lowest BCUT2D eigenvalue weighted by atomic mass is 10.2. The second kappa shape index (κ2) is 6.97.